The predicted molar refractivity (Wildman–Crippen MR) is 117 cm³/mol. The van der Waals surface area contributed by atoms with Crippen molar-refractivity contribution < 1.29 is 14.3 Å². The van der Waals surface area contributed by atoms with E-state index in [9.17, 15) is 9.59 Å². The van der Waals surface area contributed by atoms with Crippen LogP contribution >= 0.6 is 0 Å². The van der Waals surface area contributed by atoms with Gasteiger partial charge in [0.05, 0.1) is 5.56 Å². The van der Waals surface area contributed by atoms with Gasteiger partial charge in [-0.3, -0.25) is 9.59 Å². The predicted octanol–water partition coefficient (Wildman–Crippen LogP) is 4.78. The summed E-state index contributed by atoms with van der Waals surface area (Å²) in [7, 11) is 0. The number of carbonyl (C=O) groups is 2. The molecule has 1 saturated heterocycles. The Morgan fingerprint density at radius 3 is 2.23 bits per heavy atom. The van der Waals surface area contributed by atoms with Gasteiger partial charge in [-0.2, -0.15) is 0 Å². The normalized spacial score (nSPS) is 18.1. The van der Waals surface area contributed by atoms with Gasteiger partial charge in [-0.05, 0) is 49.9 Å². The highest BCUT2D eigenvalue weighted by molar-refractivity contribution is 5.97. The molecule has 5 nitrogen and oxygen atoms in total. The van der Waals surface area contributed by atoms with Gasteiger partial charge >= 0.3 is 0 Å². The largest absolute Gasteiger partial charge is 0.457 e. The second-order valence-corrected chi connectivity index (χ2v) is 8.32. The Bertz CT molecular complexity index is 854. The van der Waals surface area contributed by atoms with Crippen LogP contribution in [0.3, 0.4) is 0 Å². The Hall–Kier alpha value is -2.82. The van der Waals surface area contributed by atoms with Crippen LogP contribution in [0.25, 0.3) is 0 Å². The summed E-state index contributed by atoms with van der Waals surface area (Å²) in [4.78, 5) is 27.7. The average molecular weight is 407 g/mol. The van der Waals surface area contributed by atoms with Crippen LogP contribution in [0.5, 0.6) is 11.5 Å². The molecule has 158 valence electrons. The molecule has 1 aliphatic carbocycles. The molecule has 1 N–H and O–H groups in total. The van der Waals surface area contributed by atoms with Gasteiger partial charge < -0.3 is 15.0 Å². The monoisotopic (exact) mass is 406 g/mol. The van der Waals surface area contributed by atoms with Crippen LogP contribution in [-0.2, 0) is 4.79 Å². The number of likely N-dealkylation sites (tertiary alicyclic amines) is 1. The van der Waals surface area contributed by atoms with Crippen molar-refractivity contribution in [2.24, 2.45) is 5.92 Å². The van der Waals surface area contributed by atoms with Crippen molar-refractivity contribution in [2.45, 2.75) is 51.0 Å². The highest BCUT2D eigenvalue weighted by Gasteiger charge is 2.29. The molecule has 2 fully saturated rings. The van der Waals surface area contributed by atoms with E-state index in [1.54, 1.807) is 6.07 Å². The van der Waals surface area contributed by atoms with Crippen LogP contribution in [0.4, 0.5) is 0 Å². The molecule has 2 aliphatic rings. The van der Waals surface area contributed by atoms with E-state index in [1.165, 1.54) is 19.3 Å². The molecule has 1 saturated carbocycles. The minimum atomic E-state index is -0.126. The van der Waals surface area contributed by atoms with Gasteiger partial charge in [0.1, 0.15) is 11.5 Å². The van der Waals surface area contributed by atoms with E-state index >= 15 is 0 Å². The Morgan fingerprint density at radius 2 is 1.50 bits per heavy atom. The number of piperidine rings is 1. The summed E-state index contributed by atoms with van der Waals surface area (Å²) in [5, 5.41) is 3.14. The van der Waals surface area contributed by atoms with Crippen molar-refractivity contribution in [1.82, 2.24) is 10.2 Å². The minimum Gasteiger partial charge on any atom is -0.457 e. The van der Waals surface area contributed by atoms with Gasteiger partial charge in [0.25, 0.3) is 5.91 Å². The number of rotatable bonds is 5. The Balaban J connectivity index is 1.32. The lowest BCUT2D eigenvalue weighted by atomic mass is 9.87. The highest BCUT2D eigenvalue weighted by Crippen LogP contribution is 2.27. The lowest BCUT2D eigenvalue weighted by molar-refractivity contribution is -0.137. The second-order valence-electron chi connectivity index (χ2n) is 8.32. The zero-order valence-corrected chi connectivity index (χ0v) is 17.4. The van der Waals surface area contributed by atoms with Gasteiger partial charge in [-0.15, -0.1) is 0 Å². The average Bonchev–Trinajstić information content (AvgIpc) is 2.81. The van der Waals surface area contributed by atoms with Gasteiger partial charge in [0, 0.05) is 25.0 Å². The second kappa shape index (κ2) is 9.79. The van der Waals surface area contributed by atoms with Crippen LogP contribution in [0.2, 0.25) is 0 Å². The Labute approximate surface area is 178 Å². The van der Waals surface area contributed by atoms with Gasteiger partial charge in [-0.1, -0.05) is 49.6 Å². The van der Waals surface area contributed by atoms with E-state index in [4.69, 9.17) is 4.74 Å². The molecule has 0 atom stereocenters. The van der Waals surface area contributed by atoms with Crippen molar-refractivity contribution in [3.63, 3.8) is 0 Å². The number of hydrogen-bond donors (Lipinski definition) is 1. The zero-order valence-electron chi connectivity index (χ0n) is 17.4. The summed E-state index contributed by atoms with van der Waals surface area (Å²) in [6.45, 7) is 1.45. The number of ether oxygens (including phenoxy) is 1. The molecular weight excluding hydrogens is 376 g/mol. The van der Waals surface area contributed by atoms with Crippen molar-refractivity contribution in [3.05, 3.63) is 60.2 Å². The quantitative estimate of drug-likeness (QED) is 0.777. The number of carbonyl (C=O) groups excluding carboxylic acids is 2. The summed E-state index contributed by atoms with van der Waals surface area (Å²) in [6, 6.07) is 16.9. The lowest BCUT2D eigenvalue weighted by Gasteiger charge is -2.35. The maximum atomic E-state index is 12.9. The van der Waals surface area contributed by atoms with E-state index in [2.05, 4.69) is 5.32 Å². The van der Waals surface area contributed by atoms with E-state index in [0.717, 1.165) is 38.8 Å². The topological polar surface area (TPSA) is 58.6 Å². The first-order valence-corrected chi connectivity index (χ1v) is 11.1. The SMILES string of the molecule is O=C(NC1CCN(C(=O)C2CCCCC2)CC1)c1ccccc1Oc1ccccc1. The molecule has 1 aliphatic heterocycles. The number of hydrogen-bond acceptors (Lipinski definition) is 3. The molecule has 0 aromatic heterocycles. The fourth-order valence-corrected chi connectivity index (χ4v) is 4.47. The number of amides is 2. The zero-order chi connectivity index (χ0) is 20.8. The number of nitrogens with zero attached hydrogens (tertiary/aromatic N) is 1. The van der Waals surface area contributed by atoms with Crippen molar-refractivity contribution >= 4 is 11.8 Å². The number of nitrogens with one attached hydrogen (secondary N) is 1. The minimum absolute atomic E-state index is 0.0812. The molecule has 2 aromatic rings. The maximum Gasteiger partial charge on any atom is 0.255 e. The lowest BCUT2D eigenvalue weighted by Crippen LogP contribution is -2.48. The fourth-order valence-electron chi connectivity index (χ4n) is 4.47. The molecule has 0 unspecified atom stereocenters. The summed E-state index contributed by atoms with van der Waals surface area (Å²) in [5.74, 6) is 1.66. The van der Waals surface area contributed by atoms with E-state index in [1.807, 2.05) is 53.4 Å². The third-order valence-corrected chi connectivity index (χ3v) is 6.20. The van der Waals surface area contributed by atoms with Crippen molar-refractivity contribution in [3.8, 4) is 11.5 Å². The standard InChI is InChI=1S/C25H30N2O3/c28-24(22-13-7-8-14-23(22)30-21-11-5-2-6-12-21)26-20-15-17-27(18-16-20)25(29)19-9-3-1-4-10-19/h2,5-8,11-14,19-20H,1,3-4,9-10,15-18H2,(H,26,28). The molecule has 2 amide bonds. The molecule has 5 heteroatoms. The summed E-state index contributed by atoms with van der Waals surface area (Å²) in [5.41, 5.74) is 0.530. The number of para-hydroxylation sites is 2. The third-order valence-electron chi connectivity index (χ3n) is 6.20. The van der Waals surface area contributed by atoms with Gasteiger partial charge in [-0.25, -0.2) is 0 Å². The van der Waals surface area contributed by atoms with E-state index in [0.29, 0.717) is 23.0 Å². The van der Waals surface area contributed by atoms with Crippen LogP contribution in [0.15, 0.2) is 54.6 Å². The molecule has 30 heavy (non-hydrogen) atoms. The maximum absolute atomic E-state index is 12.9. The smallest absolute Gasteiger partial charge is 0.255 e. The molecule has 2 aromatic carbocycles. The molecule has 0 radical (unpaired) electrons. The molecule has 1 heterocycles. The molecular formula is C25H30N2O3. The Morgan fingerprint density at radius 1 is 0.833 bits per heavy atom. The number of benzene rings is 2. The highest BCUT2D eigenvalue weighted by atomic mass is 16.5. The van der Waals surface area contributed by atoms with E-state index < -0.39 is 0 Å². The summed E-state index contributed by atoms with van der Waals surface area (Å²) >= 11 is 0. The third kappa shape index (κ3) is 5.02. The van der Waals surface area contributed by atoms with Crippen LogP contribution in [0, 0.1) is 5.92 Å². The summed E-state index contributed by atoms with van der Waals surface area (Å²) in [6.07, 6.45) is 7.27. The molecule has 0 spiro atoms. The van der Waals surface area contributed by atoms with Crippen molar-refractivity contribution in [2.75, 3.05) is 13.1 Å². The van der Waals surface area contributed by atoms with Crippen LogP contribution in [-0.4, -0.2) is 35.8 Å². The summed E-state index contributed by atoms with van der Waals surface area (Å²) < 4.78 is 5.92. The first-order valence-electron chi connectivity index (χ1n) is 11.1. The van der Waals surface area contributed by atoms with Crippen molar-refractivity contribution in [1.29, 1.82) is 0 Å². The van der Waals surface area contributed by atoms with Gasteiger partial charge in [0.15, 0.2) is 0 Å². The van der Waals surface area contributed by atoms with E-state index in [-0.39, 0.29) is 17.9 Å². The first kappa shape index (κ1) is 20.5. The first-order chi connectivity index (χ1) is 14.7. The fraction of sp³-hybridized carbons (Fsp3) is 0.440. The molecule has 4 rings (SSSR count). The molecule has 0 bridgehead atoms. The van der Waals surface area contributed by atoms with Gasteiger partial charge in [0.2, 0.25) is 5.91 Å². The van der Waals surface area contributed by atoms with Crippen LogP contribution < -0.4 is 10.1 Å². The Kier molecular flexibility index (Phi) is 6.67. The van der Waals surface area contributed by atoms with Crippen LogP contribution in [0.1, 0.15) is 55.3 Å².